The highest BCUT2D eigenvalue weighted by Gasteiger charge is 2.21. The molecule has 0 unspecified atom stereocenters. The third-order valence-electron chi connectivity index (χ3n) is 4.80. The normalized spacial score (nSPS) is 15.0. The summed E-state index contributed by atoms with van der Waals surface area (Å²) in [6.07, 6.45) is 8.55. The molecule has 1 aliphatic rings. The van der Waals surface area contributed by atoms with E-state index in [0.717, 1.165) is 47.9 Å². The number of sulfonamides is 1. The summed E-state index contributed by atoms with van der Waals surface area (Å²) in [4.78, 5) is 12.5. The molecule has 144 valence electrons. The maximum Gasteiger partial charge on any atom is 0.239 e. The summed E-state index contributed by atoms with van der Waals surface area (Å²) in [6, 6.07) is 4.01. The second kappa shape index (κ2) is 8.82. The van der Waals surface area contributed by atoms with E-state index in [1.807, 2.05) is 32.9 Å². The Bertz CT molecular complexity index is 774. The molecule has 1 aromatic carbocycles. The molecular formula is C20H30N2O3S. The van der Waals surface area contributed by atoms with E-state index in [1.165, 1.54) is 16.3 Å². The molecular weight excluding hydrogens is 348 g/mol. The van der Waals surface area contributed by atoms with Gasteiger partial charge in [0.2, 0.25) is 15.9 Å². The molecule has 1 aromatic rings. The van der Waals surface area contributed by atoms with Gasteiger partial charge in [0, 0.05) is 12.2 Å². The average Bonchev–Trinajstić information content (AvgIpc) is 2.54. The van der Waals surface area contributed by atoms with Crippen LogP contribution < -0.4 is 5.32 Å². The first kappa shape index (κ1) is 20.6. The SMILES string of the molecule is Cc1cc(C)c(NC(=O)CN(CCC2=CCCCC2)S(C)(=O)=O)c(C)c1. The maximum atomic E-state index is 12.5. The zero-order chi connectivity index (χ0) is 19.3. The lowest BCUT2D eigenvalue weighted by molar-refractivity contribution is -0.116. The van der Waals surface area contributed by atoms with E-state index in [-0.39, 0.29) is 12.5 Å². The van der Waals surface area contributed by atoms with Gasteiger partial charge in [-0.05, 0) is 64.0 Å². The number of carbonyl (C=O) groups excluding carboxylic acids is 1. The molecule has 26 heavy (non-hydrogen) atoms. The third-order valence-corrected chi connectivity index (χ3v) is 6.05. The van der Waals surface area contributed by atoms with Crippen molar-refractivity contribution in [3.05, 3.63) is 40.5 Å². The summed E-state index contributed by atoms with van der Waals surface area (Å²) in [7, 11) is -3.43. The highest BCUT2D eigenvalue weighted by Crippen LogP contribution is 2.23. The van der Waals surface area contributed by atoms with E-state index < -0.39 is 10.0 Å². The topological polar surface area (TPSA) is 66.5 Å². The van der Waals surface area contributed by atoms with Crippen LogP contribution in [0, 0.1) is 20.8 Å². The summed E-state index contributed by atoms with van der Waals surface area (Å²) >= 11 is 0. The minimum Gasteiger partial charge on any atom is -0.324 e. The second-order valence-corrected chi connectivity index (χ2v) is 9.26. The Balaban J connectivity index is 2.03. The number of amides is 1. The number of hydrogen-bond acceptors (Lipinski definition) is 3. The second-order valence-electron chi connectivity index (χ2n) is 7.28. The molecule has 1 aliphatic carbocycles. The number of carbonyl (C=O) groups is 1. The lowest BCUT2D eigenvalue weighted by atomic mass is 9.97. The smallest absolute Gasteiger partial charge is 0.239 e. The Labute approximate surface area is 157 Å². The Hall–Kier alpha value is -1.66. The van der Waals surface area contributed by atoms with Gasteiger partial charge in [-0.3, -0.25) is 4.79 Å². The highest BCUT2D eigenvalue weighted by atomic mass is 32.2. The van der Waals surface area contributed by atoms with Gasteiger partial charge in [-0.15, -0.1) is 0 Å². The predicted molar refractivity (Wildman–Crippen MR) is 107 cm³/mol. The molecule has 0 bridgehead atoms. The summed E-state index contributed by atoms with van der Waals surface area (Å²) < 4.78 is 25.5. The quantitative estimate of drug-likeness (QED) is 0.736. The number of aryl methyl sites for hydroxylation is 3. The fourth-order valence-electron chi connectivity index (χ4n) is 3.48. The van der Waals surface area contributed by atoms with Crippen LogP contribution in [0.25, 0.3) is 0 Å². The number of anilines is 1. The zero-order valence-electron chi connectivity index (χ0n) is 16.3. The molecule has 0 saturated heterocycles. The van der Waals surface area contributed by atoms with Crippen LogP contribution >= 0.6 is 0 Å². The van der Waals surface area contributed by atoms with Crippen LogP contribution in [0.2, 0.25) is 0 Å². The van der Waals surface area contributed by atoms with Gasteiger partial charge in [-0.2, -0.15) is 4.31 Å². The van der Waals surface area contributed by atoms with Crippen molar-refractivity contribution in [2.75, 3.05) is 24.7 Å². The molecule has 1 N–H and O–H groups in total. The van der Waals surface area contributed by atoms with Crippen molar-refractivity contribution in [1.82, 2.24) is 4.31 Å². The molecule has 0 aromatic heterocycles. The summed E-state index contributed by atoms with van der Waals surface area (Å²) in [5, 5.41) is 2.89. The first-order chi connectivity index (χ1) is 12.2. The lowest BCUT2D eigenvalue weighted by Gasteiger charge is -2.22. The van der Waals surface area contributed by atoms with Crippen molar-refractivity contribution in [3.8, 4) is 0 Å². The first-order valence-electron chi connectivity index (χ1n) is 9.17. The monoisotopic (exact) mass is 378 g/mol. The number of allylic oxidation sites excluding steroid dienone is 1. The molecule has 0 aliphatic heterocycles. The molecule has 0 fully saturated rings. The maximum absolute atomic E-state index is 12.5. The van der Waals surface area contributed by atoms with Crippen molar-refractivity contribution >= 4 is 21.6 Å². The van der Waals surface area contributed by atoms with Gasteiger partial charge in [0.25, 0.3) is 0 Å². The van der Waals surface area contributed by atoms with E-state index >= 15 is 0 Å². The number of nitrogens with zero attached hydrogens (tertiary/aromatic N) is 1. The van der Waals surface area contributed by atoms with Gasteiger partial charge in [-0.1, -0.05) is 29.3 Å². The zero-order valence-corrected chi connectivity index (χ0v) is 17.1. The van der Waals surface area contributed by atoms with Crippen LogP contribution in [0.5, 0.6) is 0 Å². The fourth-order valence-corrected chi connectivity index (χ4v) is 4.25. The standard InChI is InChI=1S/C20H30N2O3S/c1-15-12-16(2)20(17(3)13-15)21-19(23)14-22(26(4,24)25)11-10-18-8-6-5-7-9-18/h8,12-13H,5-7,9-11,14H2,1-4H3,(H,21,23). The highest BCUT2D eigenvalue weighted by molar-refractivity contribution is 7.88. The molecule has 6 heteroatoms. The number of rotatable bonds is 7. The van der Waals surface area contributed by atoms with E-state index in [9.17, 15) is 13.2 Å². The van der Waals surface area contributed by atoms with E-state index in [1.54, 1.807) is 0 Å². The van der Waals surface area contributed by atoms with E-state index in [0.29, 0.717) is 13.0 Å². The van der Waals surface area contributed by atoms with Gasteiger partial charge < -0.3 is 5.32 Å². The summed E-state index contributed by atoms with van der Waals surface area (Å²) in [6.45, 7) is 6.10. The predicted octanol–water partition coefficient (Wildman–Crippen LogP) is 3.70. The Kier molecular flexibility index (Phi) is 7.01. The average molecular weight is 379 g/mol. The number of benzene rings is 1. The lowest BCUT2D eigenvalue weighted by Crippen LogP contribution is -2.38. The van der Waals surface area contributed by atoms with Crippen LogP contribution in [-0.2, 0) is 14.8 Å². The molecule has 0 radical (unpaired) electrons. The molecule has 0 atom stereocenters. The Morgan fingerprint density at radius 1 is 1.15 bits per heavy atom. The van der Waals surface area contributed by atoms with Gasteiger partial charge in [0.15, 0.2) is 0 Å². The van der Waals surface area contributed by atoms with Gasteiger partial charge in [-0.25, -0.2) is 8.42 Å². The molecule has 5 nitrogen and oxygen atoms in total. The van der Waals surface area contributed by atoms with Gasteiger partial charge in [0.05, 0.1) is 12.8 Å². The first-order valence-corrected chi connectivity index (χ1v) is 11.0. The molecule has 2 rings (SSSR count). The summed E-state index contributed by atoms with van der Waals surface area (Å²) in [5.74, 6) is -0.303. The van der Waals surface area contributed by atoms with Crippen molar-refractivity contribution < 1.29 is 13.2 Å². The van der Waals surface area contributed by atoms with Crippen molar-refractivity contribution in [2.45, 2.75) is 52.9 Å². The van der Waals surface area contributed by atoms with Crippen LogP contribution in [0.3, 0.4) is 0 Å². The van der Waals surface area contributed by atoms with Crippen LogP contribution in [0.15, 0.2) is 23.8 Å². The number of hydrogen-bond donors (Lipinski definition) is 1. The fraction of sp³-hybridized carbons (Fsp3) is 0.550. The van der Waals surface area contributed by atoms with E-state index in [2.05, 4.69) is 11.4 Å². The summed E-state index contributed by atoms with van der Waals surface area (Å²) in [5.41, 5.74) is 5.17. The van der Waals surface area contributed by atoms with Crippen molar-refractivity contribution in [1.29, 1.82) is 0 Å². The van der Waals surface area contributed by atoms with Crippen molar-refractivity contribution in [2.24, 2.45) is 0 Å². The molecule has 1 amide bonds. The van der Waals surface area contributed by atoms with Crippen LogP contribution in [0.4, 0.5) is 5.69 Å². The minimum atomic E-state index is -3.43. The van der Waals surface area contributed by atoms with Crippen LogP contribution in [-0.4, -0.2) is 38.0 Å². The van der Waals surface area contributed by atoms with Crippen molar-refractivity contribution in [3.63, 3.8) is 0 Å². The van der Waals surface area contributed by atoms with Gasteiger partial charge >= 0.3 is 0 Å². The molecule has 0 spiro atoms. The molecule has 0 heterocycles. The third kappa shape index (κ3) is 5.95. The largest absolute Gasteiger partial charge is 0.324 e. The van der Waals surface area contributed by atoms with Crippen LogP contribution in [0.1, 0.15) is 48.8 Å². The Morgan fingerprint density at radius 2 is 1.81 bits per heavy atom. The minimum absolute atomic E-state index is 0.154. The molecule has 0 saturated carbocycles. The van der Waals surface area contributed by atoms with E-state index in [4.69, 9.17) is 0 Å². The number of nitrogens with one attached hydrogen (secondary N) is 1. The van der Waals surface area contributed by atoms with Gasteiger partial charge in [0.1, 0.15) is 0 Å². The Morgan fingerprint density at radius 3 is 2.35 bits per heavy atom.